The van der Waals surface area contributed by atoms with Crippen molar-refractivity contribution in [2.24, 2.45) is 0 Å². The molecule has 146 heavy (non-hydrogen) atoms. The summed E-state index contributed by atoms with van der Waals surface area (Å²) in [6.07, 6.45) is -24.0. The fourth-order valence-corrected chi connectivity index (χ4v) is 20.2. The van der Waals surface area contributed by atoms with Gasteiger partial charge in [0.25, 0.3) is 0 Å². The van der Waals surface area contributed by atoms with E-state index in [1.54, 1.807) is 59.9 Å². The minimum Gasteiger partial charge on any atom is -0.494 e. The Labute approximate surface area is 864 Å². The molecule has 10 aromatic carbocycles. The van der Waals surface area contributed by atoms with Crippen molar-refractivity contribution in [3.8, 4) is 27.7 Å². The van der Waals surface area contributed by atoms with Crippen LogP contribution in [0.4, 0.5) is 4.39 Å². The molecule has 0 radical (unpaired) electrons. The summed E-state index contributed by atoms with van der Waals surface area (Å²) >= 11 is 20.8. The van der Waals surface area contributed by atoms with E-state index in [2.05, 4.69) is 31.2 Å². The van der Waals surface area contributed by atoms with Gasteiger partial charge in [-0.1, -0.05) is 181 Å². The fraction of sp³-hybridized carbons (Fsp3) is 0.423. The lowest BCUT2D eigenvalue weighted by Crippen LogP contribution is -2.63. The molecule has 0 unspecified atom stereocenters. The van der Waals surface area contributed by atoms with Gasteiger partial charge in [0.15, 0.2) is 6.29 Å². The van der Waals surface area contributed by atoms with E-state index < -0.39 is 179 Å². The number of hydrogen-bond acceptors (Lipinski definition) is 31. The van der Waals surface area contributed by atoms with E-state index in [0.717, 1.165) is 108 Å². The molecular formula is C111H128Cl3FO30S. The van der Waals surface area contributed by atoms with Gasteiger partial charge in [-0.15, -0.1) is 11.3 Å². The maximum Gasteiger partial charge on any atom is 0.225 e. The molecule has 26 atom stereocenters. The largest absolute Gasteiger partial charge is 0.494 e. The van der Waals surface area contributed by atoms with Gasteiger partial charge in [-0.05, 0) is 232 Å². The second-order valence-electron chi connectivity index (χ2n) is 37.1. The predicted octanol–water partition coefficient (Wildman–Crippen LogP) is 9.88. The molecule has 35 heteroatoms. The average molecular weight is 2100 g/mol. The summed E-state index contributed by atoms with van der Waals surface area (Å²) in [6, 6.07) is 69.5. The van der Waals surface area contributed by atoms with Crippen LogP contribution in [0.1, 0.15) is 151 Å². The number of benzene rings is 10. The summed E-state index contributed by atoms with van der Waals surface area (Å²) < 4.78 is 74.6. The SMILES string of the molecule is CCOc1ccc(Cc2cc([C@@H]3O[C@H](CO)[C@@H](O)[C@H](O)[C@H]3O)ccc2Cl)cc1.CCOc1ccc(Cc2cc([C@@H]3O[C@H](OC)[C@@H](O)[C@H](O)[C@H]3O)ccc2Cl)cc1.CCc1ccc(Cc2ccc3c(c2)[C@]2(OC3)O[C@H](CO)[C@@H](O)[C@H](O)[C@H]2O)cc1.Cc1ccc([C@@H]2O[C@H](CO)[C@@H](O)[C@H](O)[C@H]2O)cc1Cc1ccc(-c2ccc(F)cc2)s1.OC[C@H]1O[C@@H](c2ccc(Cl)c(Cc3ccc(O[C@H]4CCOC4)cc3)c2)[C@H](O)[C@@H](O)[C@@H]1O. The molecule has 0 amide bonds. The number of fused-ring (bicyclic) bond motifs is 2. The number of aliphatic hydroxyl groups is 19. The lowest BCUT2D eigenvalue weighted by molar-refractivity contribution is -0.368. The second kappa shape index (κ2) is 52.2. The quantitative estimate of drug-likeness (QED) is 0.0227. The van der Waals surface area contributed by atoms with Gasteiger partial charge in [0, 0.05) is 50.3 Å². The van der Waals surface area contributed by atoms with E-state index in [4.69, 9.17) is 86.9 Å². The van der Waals surface area contributed by atoms with Crippen LogP contribution >= 0.6 is 46.1 Å². The molecule has 786 valence electrons. The standard InChI is InChI=1S/C24H25FO5S.C23H27ClO7.C22H26O6.2C21H25ClO6/c1-13-2-3-15(24-23(29)22(28)21(27)19(12-26)30-24)10-16(13)11-18-8-9-20(31-18)14-4-6-17(25)7-5-14;24-18-6-3-14(23-22(28)21(27)20(26)19(11-25)31-23)10-15(18)9-13-1-4-16(5-2-13)30-17-7-8-29-12-17;1-2-13-3-5-14(6-4-13)9-15-7-8-16-12-27-22(17(16)10-15)21(26)20(25)19(24)18(11-23)28-22;1-3-27-15-7-4-12(5-8-15)10-14-11-13(6-9-16(14)22)20-18(24)17(23)19(25)21(26-2)28-20;1-2-27-15-6-3-12(4-7-15)9-14-10-13(5-8-16(14)22)21-20(26)19(25)18(24)17(11-23)28-21/h2-10,19,21-24,26-29H,11-12H2,1H3;1-6,10,17,19-23,25-28H,7-9,11-12H2;3-8,10,18-21,23-26H,2,9,11-12H2,1H3;4-9,11,17-21,23-25H,3,10H2,1-2H3;3-8,10,17-21,23-26H,2,9,11H2,1H3/t19-,21-,22+,23-,24+;17-,19+,20+,21-,22+,23-;18-,19-,20+,21-,22+;17-,18-,19+,20+,21+;17-,18-,19+,20-,21+/m10111/s1. The zero-order valence-corrected chi connectivity index (χ0v) is 84.1. The van der Waals surface area contributed by atoms with Crippen molar-refractivity contribution in [3.63, 3.8) is 0 Å². The van der Waals surface area contributed by atoms with Gasteiger partial charge in [0.1, 0.15) is 170 Å². The Morgan fingerprint density at radius 3 is 1.23 bits per heavy atom. The van der Waals surface area contributed by atoms with Gasteiger partial charge in [0.05, 0.1) is 59.5 Å². The Kier molecular flexibility index (Phi) is 40.2. The van der Waals surface area contributed by atoms with Crippen LogP contribution in [0, 0.1) is 12.7 Å². The van der Waals surface area contributed by atoms with Crippen molar-refractivity contribution >= 4 is 46.1 Å². The molecule has 0 aliphatic carbocycles. The molecule has 11 aromatic rings. The second-order valence-corrected chi connectivity index (χ2v) is 39.5. The van der Waals surface area contributed by atoms with Gasteiger partial charge < -0.3 is 149 Å². The summed E-state index contributed by atoms with van der Waals surface area (Å²) in [7, 11) is 1.37. The van der Waals surface area contributed by atoms with Gasteiger partial charge in [-0.2, -0.15) is 0 Å². The van der Waals surface area contributed by atoms with Gasteiger partial charge in [-0.3, -0.25) is 0 Å². The molecular weight excluding hydrogens is 1970 g/mol. The summed E-state index contributed by atoms with van der Waals surface area (Å²) in [5, 5.41) is 192. The van der Waals surface area contributed by atoms with Gasteiger partial charge in [0.2, 0.25) is 5.79 Å². The molecule has 1 aromatic heterocycles. The minimum absolute atomic E-state index is 0.0931. The molecule has 7 aliphatic rings. The van der Waals surface area contributed by atoms with Crippen LogP contribution < -0.4 is 14.2 Å². The van der Waals surface area contributed by atoms with E-state index in [-0.39, 0.29) is 18.5 Å². The van der Waals surface area contributed by atoms with Crippen LogP contribution in [0.5, 0.6) is 17.2 Å². The van der Waals surface area contributed by atoms with E-state index in [1.165, 1.54) is 30.4 Å². The summed E-state index contributed by atoms with van der Waals surface area (Å²) in [5.41, 5.74) is 16.2. The van der Waals surface area contributed by atoms with Crippen molar-refractivity contribution in [1.29, 1.82) is 0 Å². The van der Waals surface area contributed by atoms with Crippen LogP contribution in [0.25, 0.3) is 10.4 Å². The van der Waals surface area contributed by atoms with Crippen LogP contribution in [-0.4, -0.2) is 285 Å². The highest BCUT2D eigenvalue weighted by atomic mass is 35.5. The fourth-order valence-electron chi connectivity index (χ4n) is 18.6. The molecule has 6 saturated heterocycles. The van der Waals surface area contributed by atoms with Crippen molar-refractivity contribution in [2.75, 3.05) is 60.0 Å². The normalized spacial score (nSPS) is 28.8. The van der Waals surface area contributed by atoms with E-state index in [9.17, 15) is 101 Å². The third-order valence-electron chi connectivity index (χ3n) is 27.1. The van der Waals surface area contributed by atoms with Crippen LogP contribution in [-0.2, 0) is 88.8 Å². The Hall–Kier alpha value is -8.98. The van der Waals surface area contributed by atoms with Gasteiger partial charge >= 0.3 is 0 Å². The van der Waals surface area contributed by atoms with Crippen molar-refractivity contribution in [3.05, 3.63) is 345 Å². The van der Waals surface area contributed by atoms with Gasteiger partial charge in [-0.25, -0.2) is 4.39 Å². The van der Waals surface area contributed by atoms with E-state index >= 15 is 0 Å². The first-order chi connectivity index (χ1) is 70.2. The average Bonchev–Trinajstić information content (AvgIpc) is 1.56. The number of rotatable bonds is 27. The number of ether oxygens (including phenoxy) is 11. The number of aliphatic hydroxyl groups excluding tert-OH is 19. The molecule has 18 rings (SSSR count). The molecule has 0 saturated carbocycles. The highest BCUT2D eigenvalue weighted by molar-refractivity contribution is 7.15. The maximum atomic E-state index is 13.2. The summed E-state index contributed by atoms with van der Waals surface area (Å²) in [5.74, 6) is 0.542. The zero-order valence-electron chi connectivity index (χ0n) is 81.0. The number of aryl methyl sites for hydroxylation is 2. The van der Waals surface area contributed by atoms with Crippen molar-refractivity contribution in [2.45, 2.75) is 238 Å². The number of thiophene rings is 1. The Morgan fingerprint density at radius 1 is 0.390 bits per heavy atom. The first-order valence-electron chi connectivity index (χ1n) is 48.6. The van der Waals surface area contributed by atoms with Crippen molar-refractivity contribution in [1.82, 2.24) is 0 Å². The molecule has 6 fully saturated rings. The summed E-state index contributed by atoms with van der Waals surface area (Å²) in [6.45, 7) is 8.88. The third-order valence-corrected chi connectivity index (χ3v) is 29.3. The maximum absolute atomic E-state index is 13.2. The lowest BCUT2D eigenvalue weighted by Gasteiger charge is -2.46. The van der Waals surface area contributed by atoms with Crippen molar-refractivity contribution < 1.29 is 154 Å². The smallest absolute Gasteiger partial charge is 0.225 e. The predicted molar refractivity (Wildman–Crippen MR) is 540 cm³/mol. The number of hydrogen-bond donors (Lipinski definition) is 19. The highest BCUT2D eigenvalue weighted by Crippen LogP contribution is 2.48. The topological polar surface area (TPSA) is 486 Å². The monoisotopic (exact) mass is 2100 g/mol. The Morgan fingerprint density at radius 2 is 0.795 bits per heavy atom. The minimum atomic E-state index is -1.59. The highest BCUT2D eigenvalue weighted by Gasteiger charge is 2.59. The van der Waals surface area contributed by atoms with Crippen LogP contribution in [0.2, 0.25) is 15.1 Å². The number of halogens is 4. The number of methoxy groups -OCH3 is 1. The molecule has 1 spiro atoms. The first-order valence-corrected chi connectivity index (χ1v) is 50.5. The zero-order chi connectivity index (χ0) is 104. The molecule has 8 heterocycles. The van der Waals surface area contributed by atoms with E-state index in [0.29, 0.717) is 94.8 Å². The molecule has 0 bridgehead atoms. The lowest BCUT2D eigenvalue weighted by atomic mass is 9.86. The molecule has 30 nitrogen and oxygen atoms in total. The third kappa shape index (κ3) is 27.1. The van der Waals surface area contributed by atoms with Crippen LogP contribution in [0.15, 0.2) is 224 Å². The van der Waals surface area contributed by atoms with E-state index in [1.807, 2.05) is 160 Å². The summed E-state index contributed by atoms with van der Waals surface area (Å²) in [4.78, 5) is 2.19. The molecule has 7 aliphatic heterocycles. The Balaban J connectivity index is 0.000000144. The first kappa shape index (κ1) is 113. The molecule has 19 N–H and O–H groups in total. The van der Waals surface area contributed by atoms with Crippen LogP contribution in [0.3, 0.4) is 0 Å². The Bertz CT molecular complexity index is 5830.